The first-order chi connectivity index (χ1) is 8.99. The first kappa shape index (κ1) is 14.6. The van der Waals surface area contributed by atoms with E-state index in [9.17, 15) is 4.79 Å². The van der Waals surface area contributed by atoms with Crippen molar-refractivity contribution in [2.24, 2.45) is 0 Å². The predicted molar refractivity (Wildman–Crippen MR) is 82.1 cm³/mol. The summed E-state index contributed by atoms with van der Waals surface area (Å²) in [6.07, 6.45) is 1.73. The average Bonchev–Trinajstić information content (AvgIpc) is 2.71. The molecular weight excluding hydrogens is 396 g/mol. The number of rotatable bonds is 4. The third-order valence-corrected chi connectivity index (χ3v) is 4.48. The van der Waals surface area contributed by atoms with Gasteiger partial charge in [-0.3, -0.25) is 9.36 Å². The van der Waals surface area contributed by atoms with Crippen molar-refractivity contribution in [2.75, 3.05) is 5.75 Å². The molecule has 1 heterocycles. The van der Waals surface area contributed by atoms with Crippen LogP contribution in [0.4, 0.5) is 0 Å². The lowest BCUT2D eigenvalue weighted by atomic mass is 10.3. The fourth-order valence-electron chi connectivity index (χ4n) is 1.59. The molecule has 0 aliphatic heterocycles. The van der Waals surface area contributed by atoms with Crippen molar-refractivity contribution in [3.8, 4) is 5.69 Å². The minimum Gasteiger partial charge on any atom is -0.481 e. The zero-order valence-electron chi connectivity index (χ0n) is 9.93. The molecule has 0 radical (unpaired) electrons. The van der Waals surface area contributed by atoms with Gasteiger partial charge in [0.25, 0.3) is 0 Å². The highest BCUT2D eigenvalue weighted by atomic mass is 79.9. The highest BCUT2D eigenvalue weighted by Gasteiger charge is 2.13. The van der Waals surface area contributed by atoms with Gasteiger partial charge in [-0.1, -0.05) is 27.7 Å². The van der Waals surface area contributed by atoms with Crippen LogP contribution in [0.25, 0.3) is 5.69 Å². The summed E-state index contributed by atoms with van der Waals surface area (Å²) >= 11 is 8.14. The Kier molecular flexibility index (Phi) is 4.70. The van der Waals surface area contributed by atoms with E-state index in [2.05, 4.69) is 36.8 Å². The molecule has 0 aliphatic carbocycles. The number of thioether (sulfide) groups is 1. The van der Waals surface area contributed by atoms with Crippen molar-refractivity contribution in [1.82, 2.24) is 9.55 Å². The van der Waals surface area contributed by atoms with Gasteiger partial charge in [0.1, 0.15) is 0 Å². The molecule has 1 aromatic heterocycles. The fourth-order valence-corrected chi connectivity index (χ4v) is 3.12. The largest absolute Gasteiger partial charge is 0.481 e. The molecule has 100 valence electrons. The number of carboxylic acid groups (broad SMARTS) is 1. The maximum absolute atomic E-state index is 10.7. The summed E-state index contributed by atoms with van der Waals surface area (Å²) in [5.41, 5.74) is 1.88. The van der Waals surface area contributed by atoms with Gasteiger partial charge < -0.3 is 5.11 Å². The molecule has 2 rings (SSSR count). The SMILES string of the molecule is Cc1cnc(SCC(=O)O)n1-c1cc(Br)ccc1Br. The van der Waals surface area contributed by atoms with Gasteiger partial charge in [0, 0.05) is 20.8 Å². The van der Waals surface area contributed by atoms with Crippen molar-refractivity contribution >= 4 is 49.6 Å². The highest BCUT2D eigenvalue weighted by molar-refractivity contribution is 9.11. The maximum Gasteiger partial charge on any atom is 0.313 e. The molecule has 0 atom stereocenters. The molecule has 0 saturated carbocycles. The molecule has 2 aromatic rings. The minimum atomic E-state index is -0.856. The number of nitrogens with zero attached hydrogens (tertiary/aromatic N) is 2. The molecule has 0 amide bonds. The van der Waals surface area contributed by atoms with Crippen LogP contribution in [-0.4, -0.2) is 26.4 Å². The third-order valence-electron chi connectivity index (χ3n) is 2.38. The van der Waals surface area contributed by atoms with Crippen molar-refractivity contribution in [2.45, 2.75) is 12.1 Å². The summed E-state index contributed by atoms with van der Waals surface area (Å²) in [7, 11) is 0. The smallest absolute Gasteiger partial charge is 0.313 e. The van der Waals surface area contributed by atoms with Gasteiger partial charge in [-0.15, -0.1) is 0 Å². The molecule has 19 heavy (non-hydrogen) atoms. The second-order valence-corrected chi connectivity index (χ2v) is 6.51. The number of imidazole rings is 1. The predicted octanol–water partition coefficient (Wildman–Crippen LogP) is 3.88. The number of aromatic nitrogens is 2. The second-order valence-electron chi connectivity index (χ2n) is 3.80. The zero-order valence-corrected chi connectivity index (χ0v) is 13.9. The number of carboxylic acids is 1. The molecule has 0 saturated heterocycles. The van der Waals surface area contributed by atoms with Crippen molar-refractivity contribution < 1.29 is 9.90 Å². The Labute approximate surface area is 131 Å². The van der Waals surface area contributed by atoms with Crippen LogP contribution in [0.5, 0.6) is 0 Å². The summed E-state index contributed by atoms with van der Waals surface area (Å²) in [4.78, 5) is 14.9. The van der Waals surface area contributed by atoms with Crippen LogP contribution in [0.1, 0.15) is 5.69 Å². The Morgan fingerprint density at radius 2 is 2.21 bits per heavy atom. The van der Waals surface area contributed by atoms with Crippen LogP contribution in [0.15, 0.2) is 38.5 Å². The monoisotopic (exact) mass is 404 g/mol. The summed E-state index contributed by atoms with van der Waals surface area (Å²) in [5, 5.41) is 9.43. The lowest BCUT2D eigenvalue weighted by Crippen LogP contribution is -2.03. The van der Waals surface area contributed by atoms with Gasteiger partial charge in [-0.2, -0.15) is 0 Å². The van der Waals surface area contributed by atoms with Crippen LogP contribution in [0.2, 0.25) is 0 Å². The van der Waals surface area contributed by atoms with Gasteiger partial charge >= 0.3 is 5.97 Å². The number of benzene rings is 1. The van der Waals surface area contributed by atoms with Gasteiger partial charge in [0.15, 0.2) is 5.16 Å². The molecule has 1 aromatic carbocycles. The van der Waals surface area contributed by atoms with E-state index < -0.39 is 5.97 Å². The van der Waals surface area contributed by atoms with E-state index in [1.54, 1.807) is 6.20 Å². The van der Waals surface area contributed by atoms with Gasteiger partial charge in [-0.25, -0.2) is 4.98 Å². The number of carbonyl (C=O) groups is 1. The van der Waals surface area contributed by atoms with Crippen LogP contribution in [-0.2, 0) is 4.79 Å². The van der Waals surface area contributed by atoms with E-state index in [-0.39, 0.29) is 5.75 Å². The van der Waals surface area contributed by atoms with E-state index in [0.29, 0.717) is 5.16 Å². The van der Waals surface area contributed by atoms with Crippen LogP contribution >= 0.6 is 43.6 Å². The van der Waals surface area contributed by atoms with Gasteiger partial charge in [0.05, 0.1) is 11.4 Å². The Morgan fingerprint density at radius 1 is 1.47 bits per heavy atom. The Morgan fingerprint density at radius 3 is 2.89 bits per heavy atom. The fraction of sp³-hybridized carbons (Fsp3) is 0.167. The molecule has 0 bridgehead atoms. The number of hydrogen-bond donors (Lipinski definition) is 1. The van der Waals surface area contributed by atoms with E-state index in [0.717, 1.165) is 20.3 Å². The third kappa shape index (κ3) is 3.40. The molecule has 0 fully saturated rings. The van der Waals surface area contributed by atoms with Crippen LogP contribution < -0.4 is 0 Å². The number of aliphatic carboxylic acids is 1. The average molecular weight is 406 g/mol. The Balaban J connectivity index is 2.46. The van der Waals surface area contributed by atoms with E-state index in [1.807, 2.05) is 29.7 Å². The topological polar surface area (TPSA) is 55.1 Å². The maximum atomic E-state index is 10.7. The summed E-state index contributed by atoms with van der Waals surface area (Å²) < 4.78 is 3.81. The molecule has 1 N–H and O–H groups in total. The standard InChI is InChI=1S/C12H10Br2N2O2S/c1-7-5-15-12(19-6-11(17)18)16(7)10-4-8(13)2-3-9(10)14/h2-5H,6H2,1H3,(H,17,18). The summed E-state index contributed by atoms with van der Waals surface area (Å²) in [5.74, 6) is -0.868. The summed E-state index contributed by atoms with van der Waals surface area (Å²) in [6, 6.07) is 5.83. The molecule has 0 spiro atoms. The van der Waals surface area contributed by atoms with Crippen molar-refractivity contribution in [1.29, 1.82) is 0 Å². The van der Waals surface area contributed by atoms with E-state index in [4.69, 9.17) is 5.11 Å². The molecule has 0 aliphatic rings. The van der Waals surface area contributed by atoms with Crippen LogP contribution in [0.3, 0.4) is 0 Å². The van der Waals surface area contributed by atoms with E-state index >= 15 is 0 Å². The Bertz CT molecular complexity index is 628. The molecular formula is C12H10Br2N2O2S. The normalized spacial score (nSPS) is 10.7. The quantitative estimate of drug-likeness (QED) is 0.784. The molecule has 0 unspecified atom stereocenters. The molecule has 4 nitrogen and oxygen atoms in total. The minimum absolute atomic E-state index is 0.0118. The van der Waals surface area contributed by atoms with Crippen molar-refractivity contribution in [3.05, 3.63) is 39.0 Å². The number of hydrogen-bond acceptors (Lipinski definition) is 3. The number of halogens is 2. The first-order valence-electron chi connectivity index (χ1n) is 5.33. The Hall–Kier alpha value is -0.790. The van der Waals surface area contributed by atoms with Crippen LogP contribution in [0, 0.1) is 6.92 Å². The number of aryl methyl sites for hydroxylation is 1. The van der Waals surface area contributed by atoms with Gasteiger partial charge in [0.2, 0.25) is 0 Å². The highest BCUT2D eigenvalue weighted by Crippen LogP contribution is 2.30. The lowest BCUT2D eigenvalue weighted by Gasteiger charge is -2.11. The van der Waals surface area contributed by atoms with Gasteiger partial charge in [-0.05, 0) is 41.1 Å². The lowest BCUT2D eigenvalue weighted by molar-refractivity contribution is -0.133. The van der Waals surface area contributed by atoms with E-state index in [1.165, 1.54) is 11.8 Å². The first-order valence-corrected chi connectivity index (χ1v) is 7.90. The second kappa shape index (κ2) is 6.11. The molecule has 7 heteroatoms. The summed E-state index contributed by atoms with van der Waals surface area (Å²) in [6.45, 7) is 1.94. The zero-order chi connectivity index (χ0) is 14.0. The van der Waals surface area contributed by atoms with Crippen molar-refractivity contribution in [3.63, 3.8) is 0 Å².